The third-order valence-electron chi connectivity index (χ3n) is 6.60. The van der Waals surface area contributed by atoms with Crippen LogP contribution in [0, 0.1) is 11.3 Å². The average Bonchev–Trinajstić information content (AvgIpc) is 3.41. The number of thioether (sulfide) groups is 1. The van der Waals surface area contributed by atoms with E-state index in [2.05, 4.69) is 40.6 Å². The summed E-state index contributed by atoms with van der Waals surface area (Å²) in [7, 11) is 0. The number of hydrogen-bond donors (Lipinski definition) is 1. The van der Waals surface area contributed by atoms with Gasteiger partial charge in [0.1, 0.15) is 16.8 Å². The molecule has 2 unspecified atom stereocenters. The Morgan fingerprint density at radius 3 is 2.74 bits per heavy atom. The van der Waals surface area contributed by atoms with Crippen LogP contribution in [0.25, 0.3) is 11.3 Å². The number of benzene rings is 2. The quantitative estimate of drug-likeness (QED) is 0.246. The molecule has 2 atom stereocenters. The highest BCUT2D eigenvalue weighted by Gasteiger charge is 2.25. The van der Waals surface area contributed by atoms with E-state index in [1.807, 2.05) is 55.6 Å². The van der Waals surface area contributed by atoms with Gasteiger partial charge in [-0.3, -0.25) is 4.79 Å². The first-order chi connectivity index (χ1) is 18.5. The van der Waals surface area contributed by atoms with Crippen LogP contribution in [-0.2, 0) is 17.6 Å². The van der Waals surface area contributed by atoms with E-state index in [9.17, 15) is 10.1 Å². The maximum atomic E-state index is 13.0. The molecule has 0 fully saturated rings. The fourth-order valence-electron chi connectivity index (χ4n) is 4.61. The summed E-state index contributed by atoms with van der Waals surface area (Å²) in [4.78, 5) is 22.4. The number of pyridine rings is 1. The second-order valence-corrected chi connectivity index (χ2v) is 11.3. The average molecular weight is 541 g/mol. The fraction of sp³-hybridized carbons (Fsp3) is 0.267. The van der Waals surface area contributed by atoms with Gasteiger partial charge in [-0.15, -0.1) is 11.3 Å². The molecule has 1 aliphatic rings. The zero-order valence-corrected chi connectivity index (χ0v) is 22.9. The summed E-state index contributed by atoms with van der Waals surface area (Å²) < 4.78 is 5.50. The number of thiazole rings is 1. The number of amides is 1. The van der Waals surface area contributed by atoms with Gasteiger partial charge in [-0.05, 0) is 80.5 Å². The van der Waals surface area contributed by atoms with Crippen LogP contribution >= 0.6 is 23.1 Å². The van der Waals surface area contributed by atoms with Crippen molar-refractivity contribution in [2.45, 2.75) is 49.3 Å². The molecule has 1 aliphatic carbocycles. The third-order valence-corrected chi connectivity index (χ3v) is 8.46. The number of fused-ring (bicyclic) bond motifs is 1. The zero-order valence-electron chi connectivity index (χ0n) is 21.3. The minimum absolute atomic E-state index is 0.171. The minimum Gasteiger partial charge on any atom is -0.494 e. The number of aryl methyl sites for hydroxylation is 1. The standard InChI is InChI=1S/C30H28N4O2S2/c1-3-36-25-12-9-21(10-13-25)27-18-37-30(33-27)34-28(35)19(2)38-29-24(17-31)16-23-15-22(11-14-26(23)32-29)20-7-5-4-6-8-20/h4-10,12-13,16,18-19,22H,3,11,14-15H2,1-2H3,(H,33,34,35). The first-order valence-electron chi connectivity index (χ1n) is 12.7. The van der Waals surface area contributed by atoms with Crippen molar-refractivity contribution in [1.29, 1.82) is 5.26 Å². The van der Waals surface area contributed by atoms with E-state index in [0.29, 0.717) is 28.2 Å². The lowest BCUT2D eigenvalue weighted by molar-refractivity contribution is -0.115. The lowest BCUT2D eigenvalue weighted by Crippen LogP contribution is -2.23. The maximum absolute atomic E-state index is 13.0. The van der Waals surface area contributed by atoms with Gasteiger partial charge in [-0.25, -0.2) is 9.97 Å². The van der Waals surface area contributed by atoms with E-state index in [0.717, 1.165) is 47.5 Å². The van der Waals surface area contributed by atoms with Crippen molar-refractivity contribution in [3.8, 4) is 23.1 Å². The van der Waals surface area contributed by atoms with Gasteiger partial charge in [0, 0.05) is 16.6 Å². The number of nitriles is 1. The summed E-state index contributed by atoms with van der Waals surface area (Å²) in [5, 5.41) is 15.4. The topological polar surface area (TPSA) is 87.9 Å². The summed E-state index contributed by atoms with van der Waals surface area (Å²) in [5.74, 6) is 1.08. The molecule has 8 heteroatoms. The van der Waals surface area contributed by atoms with Crippen molar-refractivity contribution in [2.24, 2.45) is 0 Å². The van der Waals surface area contributed by atoms with Crippen molar-refractivity contribution in [2.75, 3.05) is 11.9 Å². The number of ether oxygens (including phenoxy) is 1. The molecular formula is C30H28N4O2S2. The molecular weight excluding hydrogens is 512 g/mol. The van der Waals surface area contributed by atoms with E-state index >= 15 is 0 Å². The Morgan fingerprint density at radius 1 is 1.21 bits per heavy atom. The summed E-state index contributed by atoms with van der Waals surface area (Å²) in [6.45, 7) is 4.40. The molecule has 2 heterocycles. The monoisotopic (exact) mass is 540 g/mol. The molecule has 0 aliphatic heterocycles. The normalized spacial score (nSPS) is 15.2. The van der Waals surface area contributed by atoms with Crippen molar-refractivity contribution >= 4 is 34.1 Å². The van der Waals surface area contributed by atoms with Gasteiger partial charge in [-0.2, -0.15) is 5.26 Å². The Labute approximate surface area is 231 Å². The molecule has 5 rings (SSSR count). The van der Waals surface area contributed by atoms with Crippen molar-refractivity contribution in [3.05, 3.63) is 88.4 Å². The van der Waals surface area contributed by atoms with Gasteiger partial charge in [0.05, 0.1) is 23.1 Å². The van der Waals surface area contributed by atoms with Crippen molar-refractivity contribution < 1.29 is 9.53 Å². The number of carbonyl (C=O) groups is 1. The Bertz CT molecular complexity index is 1460. The van der Waals surface area contributed by atoms with Gasteiger partial charge >= 0.3 is 0 Å². The Kier molecular flexibility index (Phi) is 8.06. The second-order valence-electron chi connectivity index (χ2n) is 9.15. The number of anilines is 1. The lowest BCUT2D eigenvalue weighted by Gasteiger charge is -2.25. The van der Waals surface area contributed by atoms with Crippen LogP contribution in [0.5, 0.6) is 5.75 Å². The summed E-state index contributed by atoms with van der Waals surface area (Å²) in [6, 6.07) is 22.5. The lowest BCUT2D eigenvalue weighted by atomic mass is 9.82. The fourth-order valence-corrected chi connectivity index (χ4v) is 6.22. The Hall–Kier alpha value is -3.67. The Balaban J connectivity index is 1.24. The molecule has 192 valence electrons. The molecule has 2 aromatic heterocycles. The van der Waals surface area contributed by atoms with E-state index in [4.69, 9.17) is 9.72 Å². The van der Waals surface area contributed by atoms with E-state index < -0.39 is 5.25 Å². The number of hydrogen-bond acceptors (Lipinski definition) is 7. The molecule has 1 amide bonds. The van der Waals surface area contributed by atoms with Gasteiger partial charge in [0.2, 0.25) is 5.91 Å². The Morgan fingerprint density at radius 2 is 2.00 bits per heavy atom. The number of rotatable bonds is 8. The maximum Gasteiger partial charge on any atom is 0.239 e. The summed E-state index contributed by atoms with van der Waals surface area (Å²) in [5.41, 5.74) is 5.77. The number of carbonyl (C=O) groups excluding carboxylic acids is 1. The van der Waals surface area contributed by atoms with Crippen molar-refractivity contribution in [3.63, 3.8) is 0 Å². The van der Waals surface area contributed by atoms with Crippen LogP contribution in [0.3, 0.4) is 0 Å². The molecule has 0 spiro atoms. The molecule has 0 saturated carbocycles. The number of nitrogens with one attached hydrogen (secondary N) is 1. The first kappa shape index (κ1) is 26.0. The smallest absolute Gasteiger partial charge is 0.239 e. The molecule has 2 aromatic carbocycles. The van der Waals surface area contributed by atoms with Gasteiger partial charge in [0.15, 0.2) is 5.13 Å². The van der Waals surface area contributed by atoms with Crippen molar-refractivity contribution in [1.82, 2.24) is 9.97 Å². The van der Waals surface area contributed by atoms with Crippen LogP contribution in [0.15, 0.2) is 71.1 Å². The van der Waals surface area contributed by atoms with Crippen LogP contribution < -0.4 is 10.1 Å². The predicted molar refractivity (Wildman–Crippen MR) is 153 cm³/mol. The van der Waals surface area contributed by atoms with E-state index in [1.165, 1.54) is 28.7 Å². The third kappa shape index (κ3) is 5.90. The highest BCUT2D eigenvalue weighted by atomic mass is 32.2. The molecule has 0 saturated heterocycles. The number of aromatic nitrogens is 2. The minimum atomic E-state index is -0.439. The highest BCUT2D eigenvalue weighted by molar-refractivity contribution is 8.00. The molecule has 0 bridgehead atoms. The van der Waals surface area contributed by atoms with Crippen LogP contribution in [0.2, 0.25) is 0 Å². The second kappa shape index (κ2) is 11.8. The predicted octanol–water partition coefficient (Wildman–Crippen LogP) is 6.87. The van der Waals surface area contributed by atoms with E-state index in [-0.39, 0.29) is 5.91 Å². The van der Waals surface area contributed by atoms with Gasteiger partial charge in [0.25, 0.3) is 0 Å². The van der Waals surface area contributed by atoms with Crippen LogP contribution in [-0.4, -0.2) is 27.7 Å². The van der Waals surface area contributed by atoms with Crippen LogP contribution in [0.1, 0.15) is 48.6 Å². The van der Waals surface area contributed by atoms with Gasteiger partial charge < -0.3 is 10.1 Å². The summed E-state index contributed by atoms with van der Waals surface area (Å²) in [6.07, 6.45) is 2.77. The van der Waals surface area contributed by atoms with Crippen LogP contribution in [0.4, 0.5) is 5.13 Å². The molecule has 0 radical (unpaired) electrons. The molecule has 6 nitrogen and oxygen atoms in total. The zero-order chi connectivity index (χ0) is 26.5. The molecule has 38 heavy (non-hydrogen) atoms. The van der Waals surface area contributed by atoms with E-state index in [1.54, 1.807) is 0 Å². The molecule has 1 N–H and O–H groups in total. The first-order valence-corrected chi connectivity index (χ1v) is 14.4. The SMILES string of the molecule is CCOc1ccc(-c2csc(NC(=O)C(C)Sc3nc4c(cc3C#N)CC(c3ccccc3)CC4)n2)cc1. The summed E-state index contributed by atoms with van der Waals surface area (Å²) >= 11 is 2.70. The highest BCUT2D eigenvalue weighted by Crippen LogP contribution is 2.35. The molecule has 4 aromatic rings. The number of nitrogens with zero attached hydrogens (tertiary/aromatic N) is 3. The largest absolute Gasteiger partial charge is 0.494 e. The van der Waals surface area contributed by atoms with Gasteiger partial charge in [-0.1, -0.05) is 42.1 Å².